The van der Waals surface area contributed by atoms with E-state index in [9.17, 15) is 18.0 Å². The Hall–Kier alpha value is -2.19. The highest BCUT2D eigenvalue weighted by atomic mass is 32.2. The number of benzene rings is 1. The van der Waals surface area contributed by atoms with Crippen LogP contribution in [0.4, 0.5) is 5.00 Å². The average molecular weight is 422 g/mol. The third-order valence-corrected chi connectivity index (χ3v) is 7.87. The minimum absolute atomic E-state index is 0.0413. The van der Waals surface area contributed by atoms with Gasteiger partial charge in [-0.15, -0.1) is 11.3 Å². The first-order valence-corrected chi connectivity index (χ1v) is 11.6. The van der Waals surface area contributed by atoms with Gasteiger partial charge in [0.2, 0.25) is 0 Å². The molecule has 1 amide bonds. The highest BCUT2D eigenvalue weighted by Gasteiger charge is 2.29. The molecule has 0 saturated carbocycles. The van der Waals surface area contributed by atoms with Crippen molar-refractivity contribution in [1.82, 2.24) is 0 Å². The highest BCUT2D eigenvalue weighted by molar-refractivity contribution is 7.91. The molecule has 1 unspecified atom stereocenters. The van der Waals surface area contributed by atoms with Crippen LogP contribution in [0.25, 0.3) is 0 Å². The van der Waals surface area contributed by atoms with E-state index < -0.39 is 21.7 Å². The molecular formula is C20H23NO5S2. The normalized spacial score (nSPS) is 16.3. The zero-order chi connectivity index (χ0) is 20.5. The molecule has 0 spiro atoms. The molecule has 3 rings (SSSR count). The maximum Gasteiger partial charge on any atom is 0.341 e. The van der Waals surface area contributed by atoms with Crippen LogP contribution in [0.2, 0.25) is 0 Å². The number of anilines is 1. The van der Waals surface area contributed by atoms with Crippen molar-refractivity contribution in [2.45, 2.75) is 38.0 Å². The minimum atomic E-state index is -3.41. The van der Waals surface area contributed by atoms with Crippen LogP contribution in [0, 0.1) is 5.92 Å². The lowest BCUT2D eigenvalue weighted by atomic mass is 9.88. The number of carbonyl (C=O) groups is 2. The summed E-state index contributed by atoms with van der Waals surface area (Å²) in [6.45, 7) is 3.72. The summed E-state index contributed by atoms with van der Waals surface area (Å²) in [6.07, 6.45) is 2.62. The number of nitrogens with one attached hydrogen (secondary N) is 1. The zero-order valence-corrected chi connectivity index (χ0v) is 17.7. The second-order valence-electron chi connectivity index (χ2n) is 6.93. The Bertz CT molecular complexity index is 1020. The number of sulfone groups is 1. The molecule has 0 aliphatic heterocycles. The Kier molecular flexibility index (Phi) is 5.90. The van der Waals surface area contributed by atoms with Crippen LogP contribution in [0.3, 0.4) is 0 Å². The molecular weight excluding hydrogens is 398 g/mol. The fourth-order valence-corrected chi connectivity index (χ4v) is 5.65. The molecule has 1 aliphatic rings. The number of ether oxygens (including phenoxy) is 1. The van der Waals surface area contributed by atoms with Gasteiger partial charge in [-0.25, -0.2) is 13.2 Å². The van der Waals surface area contributed by atoms with Crippen LogP contribution in [-0.2, 0) is 27.4 Å². The van der Waals surface area contributed by atoms with Crippen LogP contribution in [0.15, 0.2) is 29.2 Å². The summed E-state index contributed by atoms with van der Waals surface area (Å²) >= 11 is 1.40. The maximum absolute atomic E-state index is 12.8. The summed E-state index contributed by atoms with van der Waals surface area (Å²) in [5, 5.41) is 3.25. The Morgan fingerprint density at radius 3 is 2.75 bits per heavy atom. The van der Waals surface area contributed by atoms with Gasteiger partial charge in [-0.1, -0.05) is 19.9 Å². The number of carbonyl (C=O) groups excluding carboxylic acids is 2. The van der Waals surface area contributed by atoms with E-state index in [0.717, 1.165) is 29.7 Å². The van der Waals surface area contributed by atoms with E-state index in [-0.39, 0.29) is 16.2 Å². The third-order valence-electron chi connectivity index (χ3n) is 4.96. The molecule has 1 aromatic heterocycles. The number of fused-ring (bicyclic) bond motifs is 1. The largest absolute Gasteiger partial charge is 0.465 e. The first-order valence-electron chi connectivity index (χ1n) is 9.13. The van der Waals surface area contributed by atoms with Crippen LogP contribution in [0.5, 0.6) is 0 Å². The van der Waals surface area contributed by atoms with E-state index in [1.54, 1.807) is 19.1 Å². The smallest absolute Gasteiger partial charge is 0.341 e. The fraction of sp³-hybridized carbons (Fsp3) is 0.400. The van der Waals surface area contributed by atoms with Gasteiger partial charge in [0, 0.05) is 10.4 Å². The molecule has 2 aromatic rings. The summed E-state index contributed by atoms with van der Waals surface area (Å²) in [5.74, 6) is -0.439. The summed E-state index contributed by atoms with van der Waals surface area (Å²) in [5.41, 5.74) is 1.60. The molecule has 1 atom stereocenters. The molecule has 0 fully saturated rings. The van der Waals surface area contributed by atoms with E-state index in [2.05, 4.69) is 12.2 Å². The van der Waals surface area contributed by atoms with Crippen LogP contribution in [-0.4, -0.2) is 33.2 Å². The van der Waals surface area contributed by atoms with Gasteiger partial charge in [-0.3, -0.25) is 4.79 Å². The fourth-order valence-electron chi connectivity index (χ4n) is 3.33. The predicted molar refractivity (Wildman–Crippen MR) is 109 cm³/mol. The van der Waals surface area contributed by atoms with Gasteiger partial charge >= 0.3 is 5.97 Å². The monoisotopic (exact) mass is 421 g/mol. The molecule has 8 heteroatoms. The molecule has 0 bridgehead atoms. The van der Waals surface area contributed by atoms with Crippen molar-refractivity contribution in [3.05, 3.63) is 45.8 Å². The van der Waals surface area contributed by atoms with E-state index >= 15 is 0 Å². The Labute approximate surface area is 168 Å². The van der Waals surface area contributed by atoms with E-state index in [0.29, 0.717) is 16.5 Å². The molecule has 6 nitrogen and oxygen atoms in total. The Balaban J connectivity index is 1.95. The highest BCUT2D eigenvalue weighted by Crippen LogP contribution is 2.40. The van der Waals surface area contributed by atoms with Gasteiger partial charge in [0.25, 0.3) is 5.91 Å². The number of esters is 1. The van der Waals surface area contributed by atoms with Crippen LogP contribution < -0.4 is 5.32 Å². The van der Waals surface area contributed by atoms with E-state index in [1.807, 2.05) is 0 Å². The van der Waals surface area contributed by atoms with Crippen molar-refractivity contribution in [3.63, 3.8) is 0 Å². The SMILES string of the molecule is CCS(=O)(=O)c1cccc(C(=O)Nc2sc3c(c2C(=O)OC)CCC(C)C3)c1. The Morgan fingerprint density at radius 2 is 2.07 bits per heavy atom. The molecule has 0 saturated heterocycles. The summed E-state index contributed by atoms with van der Waals surface area (Å²) in [6, 6.07) is 5.93. The molecule has 0 radical (unpaired) electrons. The van der Waals surface area contributed by atoms with Gasteiger partial charge in [0.15, 0.2) is 9.84 Å². The van der Waals surface area contributed by atoms with Crippen LogP contribution in [0.1, 0.15) is 51.4 Å². The lowest BCUT2D eigenvalue weighted by Gasteiger charge is -2.18. The molecule has 150 valence electrons. The van der Waals surface area contributed by atoms with Gasteiger partial charge < -0.3 is 10.1 Å². The number of hydrogen-bond acceptors (Lipinski definition) is 6. The maximum atomic E-state index is 12.8. The molecule has 1 aliphatic carbocycles. The first kappa shape index (κ1) is 20.5. The second kappa shape index (κ2) is 8.05. The van der Waals surface area contributed by atoms with Crippen molar-refractivity contribution in [2.24, 2.45) is 5.92 Å². The standard InChI is InChI=1S/C20H23NO5S2/c1-4-28(24,25)14-7-5-6-13(11-14)18(22)21-19-17(20(23)26-3)15-9-8-12(2)10-16(15)27-19/h5-7,11-12H,4,8-10H2,1-3H3,(H,21,22). The van der Waals surface area contributed by atoms with Crippen molar-refractivity contribution in [3.8, 4) is 0 Å². The lowest BCUT2D eigenvalue weighted by Crippen LogP contribution is -2.16. The predicted octanol–water partition coefficient (Wildman–Crippen LogP) is 3.71. The summed E-state index contributed by atoms with van der Waals surface area (Å²) < 4.78 is 29.1. The molecule has 1 aromatic carbocycles. The van der Waals surface area contributed by atoms with Crippen molar-refractivity contribution in [2.75, 3.05) is 18.2 Å². The number of rotatable bonds is 5. The van der Waals surface area contributed by atoms with E-state index in [4.69, 9.17) is 4.74 Å². The van der Waals surface area contributed by atoms with Gasteiger partial charge in [0.05, 0.1) is 23.3 Å². The first-order chi connectivity index (χ1) is 13.3. The number of amides is 1. The summed E-state index contributed by atoms with van der Waals surface area (Å²) in [4.78, 5) is 26.3. The van der Waals surface area contributed by atoms with Gasteiger partial charge in [-0.2, -0.15) is 0 Å². The number of methoxy groups -OCH3 is 1. The van der Waals surface area contributed by atoms with Gasteiger partial charge in [0.1, 0.15) is 5.00 Å². The molecule has 1 N–H and O–H groups in total. The van der Waals surface area contributed by atoms with Crippen molar-refractivity contribution < 1.29 is 22.7 Å². The quantitative estimate of drug-likeness (QED) is 0.744. The van der Waals surface area contributed by atoms with Crippen molar-refractivity contribution in [1.29, 1.82) is 0 Å². The van der Waals surface area contributed by atoms with Crippen molar-refractivity contribution >= 4 is 38.1 Å². The Morgan fingerprint density at radius 1 is 1.32 bits per heavy atom. The molecule has 1 heterocycles. The second-order valence-corrected chi connectivity index (χ2v) is 10.3. The topological polar surface area (TPSA) is 89.5 Å². The summed E-state index contributed by atoms with van der Waals surface area (Å²) in [7, 11) is -2.09. The average Bonchev–Trinajstić information content (AvgIpc) is 3.04. The number of thiophene rings is 1. The van der Waals surface area contributed by atoms with Crippen LogP contribution >= 0.6 is 11.3 Å². The number of hydrogen-bond donors (Lipinski definition) is 1. The minimum Gasteiger partial charge on any atom is -0.465 e. The van der Waals surface area contributed by atoms with E-state index in [1.165, 1.54) is 30.6 Å². The van der Waals surface area contributed by atoms with Gasteiger partial charge in [-0.05, 0) is 48.9 Å². The lowest BCUT2D eigenvalue weighted by molar-refractivity contribution is 0.0601. The third kappa shape index (κ3) is 3.98. The zero-order valence-electron chi connectivity index (χ0n) is 16.1. The molecule has 28 heavy (non-hydrogen) atoms.